The minimum Gasteiger partial charge on any atom is -0.347 e. The lowest BCUT2D eigenvalue weighted by Crippen LogP contribution is -2.26. The van der Waals surface area contributed by atoms with Gasteiger partial charge in [0, 0.05) is 12.1 Å². The summed E-state index contributed by atoms with van der Waals surface area (Å²) in [6, 6.07) is 9.51. The van der Waals surface area contributed by atoms with E-state index in [1.54, 1.807) is 6.07 Å². The van der Waals surface area contributed by atoms with Crippen molar-refractivity contribution in [3.05, 3.63) is 67.6 Å². The van der Waals surface area contributed by atoms with Gasteiger partial charge in [-0.3, -0.25) is 9.59 Å². The van der Waals surface area contributed by atoms with Gasteiger partial charge >= 0.3 is 0 Å². The highest BCUT2D eigenvalue weighted by molar-refractivity contribution is 7.12. The number of aryl methyl sites for hydroxylation is 2. The summed E-state index contributed by atoms with van der Waals surface area (Å²) in [6.07, 6.45) is 0. The van der Waals surface area contributed by atoms with Gasteiger partial charge in [-0.1, -0.05) is 17.7 Å². The normalized spacial score (nSPS) is 10.8. The molecule has 112 valence electrons. The van der Waals surface area contributed by atoms with E-state index in [1.807, 2.05) is 43.5 Å². The molecule has 0 aliphatic heterocycles. The van der Waals surface area contributed by atoms with E-state index in [9.17, 15) is 9.59 Å². The second-order valence-corrected chi connectivity index (χ2v) is 6.28. The summed E-state index contributed by atoms with van der Waals surface area (Å²) in [5, 5.41) is 5.62. The van der Waals surface area contributed by atoms with Gasteiger partial charge < -0.3 is 10.3 Å². The first-order valence-electron chi connectivity index (χ1n) is 6.99. The standard InChI is InChI=1S/C17H16N2O2S/c1-10-6-11(2)15-12(7-10)8-13(16(20)19-15)9-18-17(21)14-4-3-5-22-14/h3-8H,9H2,1-2H3,(H,18,21)(H,19,20). The number of rotatable bonds is 3. The maximum absolute atomic E-state index is 12.2. The van der Waals surface area contributed by atoms with Crippen molar-refractivity contribution in [1.29, 1.82) is 0 Å². The average Bonchev–Trinajstić information content (AvgIpc) is 3.00. The highest BCUT2D eigenvalue weighted by Gasteiger charge is 2.09. The molecule has 3 rings (SSSR count). The Labute approximate surface area is 131 Å². The molecule has 0 saturated carbocycles. The van der Waals surface area contributed by atoms with E-state index in [-0.39, 0.29) is 18.0 Å². The first-order chi connectivity index (χ1) is 10.5. The van der Waals surface area contributed by atoms with Crippen molar-refractivity contribution in [2.75, 3.05) is 0 Å². The van der Waals surface area contributed by atoms with Crippen LogP contribution in [-0.4, -0.2) is 10.9 Å². The molecule has 0 unspecified atom stereocenters. The average molecular weight is 312 g/mol. The molecule has 2 aromatic heterocycles. The van der Waals surface area contributed by atoms with E-state index in [4.69, 9.17) is 0 Å². The lowest BCUT2D eigenvalue weighted by molar-refractivity contribution is 0.0955. The van der Waals surface area contributed by atoms with Crippen LogP contribution in [0, 0.1) is 13.8 Å². The van der Waals surface area contributed by atoms with E-state index in [0.717, 1.165) is 22.0 Å². The molecule has 2 heterocycles. The minimum atomic E-state index is -0.161. The van der Waals surface area contributed by atoms with Crippen molar-refractivity contribution in [3.63, 3.8) is 0 Å². The molecule has 0 atom stereocenters. The predicted molar refractivity (Wildman–Crippen MR) is 89.5 cm³/mol. The maximum Gasteiger partial charge on any atom is 0.261 e. The van der Waals surface area contributed by atoms with Gasteiger partial charge in [-0.05, 0) is 48.4 Å². The zero-order chi connectivity index (χ0) is 15.7. The van der Waals surface area contributed by atoms with Gasteiger partial charge in [0.15, 0.2) is 0 Å². The number of aromatic amines is 1. The van der Waals surface area contributed by atoms with Crippen molar-refractivity contribution < 1.29 is 4.79 Å². The van der Waals surface area contributed by atoms with Gasteiger partial charge in [0.1, 0.15) is 0 Å². The number of hydrogen-bond donors (Lipinski definition) is 2. The van der Waals surface area contributed by atoms with Crippen LogP contribution in [0.4, 0.5) is 0 Å². The van der Waals surface area contributed by atoms with Crippen molar-refractivity contribution >= 4 is 28.1 Å². The predicted octanol–water partition coefficient (Wildman–Crippen LogP) is 3.14. The van der Waals surface area contributed by atoms with Crippen molar-refractivity contribution in [2.24, 2.45) is 0 Å². The number of hydrogen-bond acceptors (Lipinski definition) is 3. The van der Waals surface area contributed by atoms with Gasteiger partial charge in [-0.25, -0.2) is 0 Å². The van der Waals surface area contributed by atoms with Crippen LogP contribution in [0.5, 0.6) is 0 Å². The zero-order valence-electron chi connectivity index (χ0n) is 12.4. The number of H-pyrrole nitrogens is 1. The van der Waals surface area contributed by atoms with Gasteiger partial charge in [0.25, 0.3) is 11.5 Å². The van der Waals surface area contributed by atoms with E-state index >= 15 is 0 Å². The third kappa shape index (κ3) is 2.80. The van der Waals surface area contributed by atoms with Crippen LogP contribution in [0.1, 0.15) is 26.4 Å². The van der Waals surface area contributed by atoms with E-state index in [0.29, 0.717) is 10.4 Å². The number of thiophene rings is 1. The summed E-state index contributed by atoms with van der Waals surface area (Å²) < 4.78 is 0. The molecule has 0 saturated heterocycles. The Kier molecular flexibility index (Phi) is 3.81. The summed E-state index contributed by atoms with van der Waals surface area (Å²) in [7, 11) is 0. The van der Waals surface area contributed by atoms with Crippen LogP contribution >= 0.6 is 11.3 Å². The Hall–Kier alpha value is -2.40. The lowest BCUT2D eigenvalue weighted by atomic mass is 10.1. The van der Waals surface area contributed by atoms with Crippen LogP contribution < -0.4 is 10.9 Å². The molecule has 2 N–H and O–H groups in total. The van der Waals surface area contributed by atoms with Crippen LogP contribution in [0.25, 0.3) is 10.9 Å². The Bertz CT molecular complexity index is 895. The molecule has 4 nitrogen and oxygen atoms in total. The molecule has 5 heteroatoms. The Morgan fingerprint density at radius 3 is 2.82 bits per heavy atom. The molecule has 22 heavy (non-hydrogen) atoms. The second kappa shape index (κ2) is 5.77. The summed E-state index contributed by atoms with van der Waals surface area (Å²) in [5.41, 5.74) is 3.43. The highest BCUT2D eigenvalue weighted by Crippen LogP contribution is 2.18. The number of carbonyl (C=O) groups excluding carboxylic acids is 1. The first-order valence-corrected chi connectivity index (χ1v) is 7.87. The van der Waals surface area contributed by atoms with Gasteiger partial charge in [0.05, 0.1) is 10.4 Å². The molecule has 0 aliphatic carbocycles. The number of nitrogens with one attached hydrogen (secondary N) is 2. The van der Waals surface area contributed by atoms with E-state index in [1.165, 1.54) is 11.3 Å². The number of pyridine rings is 1. The summed E-state index contributed by atoms with van der Waals surface area (Å²) >= 11 is 1.38. The number of fused-ring (bicyclic) bond motifs is 1. The maximum atomic E-state index is 12.2. The third-order valence-corrected chi connectivity index (χ3v) is 4.42. The third-order valence-electron chi connectivity index (χ3n) is 3.55. The van der Waals surface area contributed by atoms with Gasteiger partial charge in [-0.2, -0.15) is 0 Å². The summed E-state index contributed by atoms with van der Waals surface area (Å²) in [4.78, 5) is 27.7. The first kappa shape index (κ1) is 14.5. The van der Waals surface area contributed by atoms with Gasteiger partial charge in [0.2, 0.25) is 0 Å². The van der Waals surface area contributed by atoms with E-state index in [2.05, 4.69) is 10.3 Å². The number of carbonyl (C=O) groups is 1. The lowest BCUT2D eigenvalue weighted by Gasteiger charge is -2.08. The Morgan fingerprint density at radius 2 is 2.09 bits per heavy atom. The molecule has 0 fully saturated rings. The van der Waals surface area contributed by atoms with Crippen LogP contribution in [-0.2, 0) is 6.54 Å². The quantitative estimate of drug-likeness (QED) is 0.780. The van der Waals surface area contributed by atoms with Crippen LogP contribution in [0.15, 0.2) is 40.5 Å². The Morgan fingerprint density at radius 1 is 1.27 bits per heavy atom. The monoisotopic (exact) mass is 312 g/mol. The molecule has 3 aromatic rings. The summed E-state index contributed by atoms with van der Waals surface area (Å²) in [5.74, 6) is -0.157. The van der Waals surface area contributed by atoms with Crippen molar-refractivity contribution in [2.45, 2.75) is 20.4 Å². The molecule has 0 radical (unpaired) electrons. The molecule has 0 spiro atoms. The fraction of sp³-hybridized carbons (Fsp3) is 0.176. The van der Waals surface area contributed by atoms with Crippen LogP contribution in [0.2, 0.25) is 0 Å². The largest absolute Gasteiger partial charge is 0.347 e. The van der Waals surface area contributed by atoms with Crippen LogP contribution in [0.3, 0.4) is 0 Å². The van der Waals surface area contributed by atoms with Gasteiger partial charge in [-0.15, -0.1) is 11.3 Å². The van der Waals surface area contributed by atoms with Crippen molar-refractivity contribution in [3.8, 4) is 0 Å². The second-order valence-electron chi connectivity index (χ2n) is 5.33. The molecular formula is C17H16N2O2S. The number of amides is 1. The fourth-order valence-electron chi connectivity index (χ4n) is 2.53. The molecule has 0 bridgehead atoms. The molecule has 1 amide bonds. The summed E-state index contributed by atoms with van der Waals surface area (Å²) in [6.45, 7) is 4.22. The zero-order valence-corrected chi connectivity index (χ0v) is 13.2. The smallest absolute Gasteiger partial charge is 0.261 e. The highest BCUT2D eigenvalue weighted by atomic mass is 32.1. The van der Waals surface area contributed by atoms with E-state index < -0.39 is 0 Å². The van der Waals surface area contributed by atoms with Crippen molar-refractivity contribution in [1.82, 2.24) is 10.3 Å². The number of benzene rings is 1. The SMILES string of the molecule is Cc1cc(C)c2[nH]c(=O)c(CNC(=O)c3cccs3)cc2c1. The molecule has 0 aliphatic rings. The molecular weight excluding hydrogens is 296 g/mol. The topological polar surface area (TPSA) is 62.0 Å². The fourth-order valence-corrected chi connectivity index (χ4v) is 3.17. The molecule has 1 aromatic carbocycles. The minimum absolute atomic E-state index is 0.157. The Balaban J connectivity index is 1.89. The number of aromatic nitrogens is 1.